The average Bonchev–Trinajstić information content (AvgIpc) is 3.04. The summed E-state index contributed by atoms with van der Waals surface area (Å²) >= 11 is 1.24. The van der Waals surface area contributed by atoms with Gasteiger partial charge < -0.3 is 9.64 Å². The Kier molecular flexibility index (Phi) is 6.08. The van der Waals surface area contributed by atoms with Gasteiger partial charge in [0, 0.05) is 25.0 Å². The number of fused-ring (bicyclic) bond motifs is 1. The predicted molar refractivity (Wildman–Crippen MR) is 101 cm³/mol. The molecular formula is C18H19F2N5O2S. The first-order valence-corrected chi connectivity index (χ1v) is 9.42. The van der Waals surface area contributed by atoms with Crippen LogP contribution in [0.1, 0.15) is 17.0 Å². The molecule has 0 saturated carbocycles. The first-order chi connectivity index (χ1) is 13.3. The molecule has 28 heavy (non-hydrogen) atoms. The second kappa shape index (κ2) is 8.51. The minimum atomic E-state index is -2.86. The number of amides is 1. The Bertz CT molecular complexity index is 978. The van der Waals surface area contributed by atoms with Crippen molar-refractivity contribution in [2.75, 3.05) is 12.8 Å². The summed E-state index contributed by atoms with van der Waals surface area (Å²) in [5.74, 6) is 0.669. The number of benzene rings is 1. The van der Waals surface area contributed by atoms with E-state index in [4.69, 9.17) is 0 Å². The molecule has 3 aromatic rings. The molecule has 2 aromatic heterocycles. The summed E-state index contributed by atoms with van der Waals surface area (Å²) in [5.41, 5.74) is 2.59. The molecule has 2 heterocycles. The molecule has 0 aliphatic carbocycles. The summed E-state index contributed by atoms with van der Waals surface area (Å²) in [5, 5.41) is 4.84. The molecule has 0 bridgehead atoms. The molecule has 1 amide bonds. The van der Waals surface area contributed by atoms with Crippen molar-refractivity contribution in [2.24, 2.45) is 0 Å². The van der Waals surface area contributed by atoms with E-state index in [2.05, 4.69) is 19.8 Å². The lowest BCUT2D eigenvalue weighted by Gasteiger charge is -2.17. The Hall–Kier alpha value is -2.75. The Morgan fingerprint density at radius 2 is 1.96 bits per heavy atom. The lowest BCUT2D eigenvalue weighted by atomic mass is 10.2. The van der Waals surface area contributed by atoms with Crippen molar-refractivity contribution >= 4 is 23.4 Å². The van der Waals surface area contributed by atoms with Gasteiger partial charge >= 0.3 is 6.61 Å². The van der Waals surface area contributed by atoms with Crippen LogP contribution in [0.25, 0.3) is 5.78 Å². The standard InChI is InChI=1S/C18H19F2N5O2S/c1-11-8-12(2)25-17(21-11)22-18(23-25)28-10-15(26)24(3)9-13-4-6-14(7-5-13)27-16(19)20/h4-8,16H,9-10H2,1-3H3. The van der Waals surface area contributed by atoms with E-state index >= 15 is 0 Å². The number of nitrogens with zero attached hydrogens (tertiary/aromatic N) is 5. The van der Waals surface area contributed by atoms with Gasteiger partial charge in [-0.2, -0.15) is 13.8 Å². The van der Waals surface area contributed by atoms with Gasteiger partial charge in [0.15, 0.2) is 0 Å². The molecule has 0 unspecified atom stereocenters. The molecular weight excluding hydrogens is 388 g/mol. The molecule has 148 valence electrons. The molecule has 0 atom stereocenters. The van der Waals surface area contributed by atoms with Crippen LogP contribution in [-0.2, 0) is 11.3 Å². The van der Waals surface area contributed by atoms with Crippen molar-refractivity contribution in [1.29, 1.82) is 0 Å². The number of carbonyl (C=O) groups excluding carboxylic acids is 1. The van der Waals surface area contributed by atoms with Crippen LogP contribution >= 0.6 is 11.8 Å². The van der Waals surface area contributed by atoms with Gasteiger partial charge in [-0.05, 0) is 37.6 Å². The summed E-state index contributed by atoms with van der Waals surface area (Å²) in [6.45, 7) is 1.30. The number of thioether (sulfide) groups is 1. The summed E-state index contributed by atoms with van der Waals surface area (Å²) < 4.78 is 30.3. The van der Waals surface area contributed by atoms with Crippen LogP contribution in [0, 0.1) is 13.8 Å². The van der Waals surface area contributed by atoms with Crippen LogP contribution in [0.5, 0.6) is 5.75 Å². The summed E-state index contributed by atoms with van der Waals surface area (Å²) in [4.78, 5) is 22.6. The van der Waals surface area contributed by atoms with Crippen LogP contribution in [0.15, 0.2) is 35.5 Å². The van der Waals surface area contributed by atoms with E-state index in [9.17, 15) is 13.6 Å². The van der Waals surface area contributed by atoms with Gasteiger partial charge in [0.05, 0.1) is 5.75 Å². The van der Waals surface area contributed by atoms with E-state index in [1.807, 2.05) is 19.9 Å². The fourth-order valence-electron chi connectivity index (χ4n) is 2.58. The van der Waals surface area contributed by atoms with Crippen molar-refractivity contribution in [3.8, 4) is 5.75 Å². The van der Waals surface area contributed by atoms with E-state index in [1.165, 1.54) is 23.9 Å². The van der Waals surface area contributed by atoms with Crippen LogP contribution in [0.3, 0.4) is 0 Å². The van der Waals surface area contributed by atoms with Crippen molar-refractivity contribution in [3.63, 3.8) is 0 Å². The van der Waals surface area contributed by atoms with E-state index < -0.39 is 6.61 Å². The molecule has 3 rings (SSSR count). The molecule has 0 aliphatic rings. The van der Waals surface area contributed by atoms with E-state index in [-0.39, 0.29) is 17.4 Å². The van der Waals surface area contributed by atoms with Gasteiger partial charge in [-0.25, -0.2) is 9.50 Å². The minimum absolute atomic E-state index is 0.0837. The number of hydrogen-bond donors (Lipinski definition) is 0. The van der Waals surface area contributed by atoms with Gasteiger partial charge in [-0.1, -0.05) is 23.9 Å². The summed E-state index contributed by atoms with van der Waals surface area (Å²) in [6.07, 6.45) is 0. The molecule has 0 radical (unpaired) electrons. The molecule has 0 aliphatic heterocycles. The van der Waals surface area contributed by atoms with E-state index in [0.717, 1.165) is 17.0 Å². The number of alkyl halides is 2. The van der Waals surface area contributed by atoms with E-state index in [0.29, 0.717) is 17.5 Å². The van der Waals surface area contributed by atoms with Crippen molar-refractivity contribution in [1.82, 2.24) is 24.5 Å². The van der Waals surface area contributed by atoms with Crippen LogP contribution in [-0.4, -0.2) is 49.8 Å². The van der Waals surface area contributed by atoms with Gasteiger partial charge in [0.1, 0.15) is 5.75 Å². The maximum Gasteiger partial charge on any atom is 0.387 e. The molecule has 0 spiro atoms. The highest BCUT2D eigenvalue weighted by Gasteiger charge is 2.14. The van der Waals surface area contributed by atoms with Crippen molar-refractivity contribution in [3.05, 3.63) is 47.3 Å². The molecule has 0 saturated heterocycles. The monoisotopic (exact) mass is 407 g/mol. The zero-order chi connectivity index (χ0) is 20.3. The zero-order valence-electron chi connectivity index (χ0n) is 15.6. The number of aryl methyl sites for hydroxylation is 2. The summed E-state index contributed by atoms with van der Waals surface area (Å²) in [6, 6.07) is 8.11. The van der Waals surface area contributed by atoms with E-state index in [1.54, 1.807) is 28.6 Å². The van der Waals surface area contributed by atoms with Crippen molar-refractivity contribution in [2.45, 2.75) is 32.2 Å². The second-order valence-electron chi connectivity index (χ2n) is 6.21. The average molecular weight is 407 g/mol. The lowest BCUT2D eigenvalue weighted by molar-refractivity contribution is -0.127. The molecule has 0 N–H and O–H groups in total. The highest BCUT2D eigenvalue weighted by molar-refractivity contribution is 7.99. The number of carbonyl (C=O) groups is 1. The largest absolute Gasteiger partial charge is 0.435 e. The quantitative estimate of drug-likeness (QED) is 0.561. The Labute approximate surface area is 164 Å². The third kappa shape index (κ3) is 4.94. The summed E-state index contributed by atoms with van der Waals surface area (Å²) in [7, 11) is 1.68. The SMILES string of the molecule is Cc1cc(C)n2nc(SCC(=O)N(C)Cc3ccc(OC(F)F)cc3)nc2n1. The highest BCUT2D eigenvalue weighted by atomic mass is 32.2. The van der Waals surface area contributed by atoms with Gasteiger partial charge in [-0.15, -0.1) is 5.10 Å². The van der Waals surface area contributed by atoms with Gasteiger partial charge in [0.25, 0.3) is 5.78 Å². The second-order valence-corrected chi connectivity index (χ2v) is 7.15. The third-order valence-corrected chi connectivity index (χ3v) is 4.74. The van der Waals surface area contributed by atoms with Crippen LogP contribution in [0.2, 0.25) is 0 Å². The highest BCUT2D eigenvalue weighted by Crippen LogP contribution is 2.18. The zero-order valence-corrected chi connectivity index (χ0v) is 16.4. The number of ether oxygens (including phenoxy) is 1. The lowest BCUT2D eigenvalue weighted by Crippen LogP contribution is -2.27. The number of halogens is 2. The fourth-order valence-corrected chi connectivity index (χ4v) is 3.34. The number of hydrogen-bond acceptors (Lipinski definition) is 6. The maximum absolute atomic E-state index is 12.4. The first-order valence-electron chi connectivity index (χ1n) is 8.43. The minimum Gasteiger partial charge on any atom is -0.435 e. The van der Waals surface area contributed by atoms with Crippen LogP contribution in [0.4, 0.5) is 8.78 Å². The Morgan fingerprint density at radius 1 is 1.25 bits per heavy atom. The number of rotatable bonds is 7. The molecule has 7 nitrogen and oxygen atoms in total. The fraction of sp³-hybridized carbons (Fsp3) is 0.333. The topological polar surface area (TPSA) is 72.6 Å². The van der Waals surface area contributed by atoms with Gasteiger partial charge in [0.2, 0.25) is 11.1 Å². The third-order valence-electron chi connectivity index (χ3n) is 3.92. The normalized spacial score (nSPS) is 11.2. The number of aromatic nitrogens is 4. The molecule has 1 aromatic carbocycles. The maximum atomic E-state index is 12.4. The smallest absolute Gasteiger partial charge is 0.387 e. The van der Waals surface area contributed by atoms with Crippen molar-refractivity contribution < 1.29 is 18.3 Å². The van der Waals surface area contributed by atoms with Crippen LogP contribution < -0.4 is 4.74 Å². The Balaban J connectivity index is 1.56. The first kappa shape index (κ1) is 20.0. The molecule has 0 fully saturated rings. The van der Waals surface area contributed by atoms with Gasteiger partial charge in [-0.3, -0.25) is 4.79 Å². The predicted octanol–water partition coefficient (Wildman–Crippen LogP) is 3.09. The Morgan fingerprint density at radius 3 is 2.64 bits per heavy atom. The molecule has 10 heteroatoms.